The van der Waals surface area contributed by atoms with Crippen LogP contribution in [0.4, 0.5) is 4.39 Å². The molecule has 0 N–H and O–H groups in total. The number of rotatable bonds is 4. The van der Waals surface area contributed by atoms with E-state index < -0.39 is 16.8 Å². The van der Waals surface area contributed by atoms with Gasteiger partial charge in [-0.25, -0.2) is 4.39 Å². The summed E-state index contributed by atoms with van der Waals surface area (Å²) >= 11 is 7.18. The number of hydrogen-bond acceptors (Lipinski definition) is 4. The molecular formula is C24H28ClFN2O3S. The molecule has 1 aromatic heterocycles. The molecule has 2 aromatic rings. The number of carbonyl (C=O) groups excluding carboxylic acids is 2. The van der Waals surface area contributed by atoms with Crippen LogP contribution in [0, 0.1) is 11.2 Å². The van der Waals surface area contributed by atoms with Gasteiger partial charge >= 0.3 is 0 Å². The molecule has 5 nitrogen and oxygen atoms in total. The topological polar surface area (TPSA) is 59.4 Å². The number of hydrogen-bond donors (Lipinski definition) is 0. The average molecular weight is 479 g/mol. The van der Waals surface area contributed by atoms with E-state index in [0.29, 0.717) is 11.2 Å². The third kappa shape index (κ3) is 5.38. The standard InChI is InChI=1S/C24H28ClFN2O3S/c1-15-8-5-6-11-27(15)21(30)14-28-22(13-20(29)24(2,3)4)32-19(23(28)31)12-16-17(25)9-7-10-18(16)26/h7,9-10,12-13,15H,5-6,8,11,14H2,1-4H3/b19-12+,22-13-. The largest absolute Gasteiger partial charge is 0.338 e. The molecular weight excluding hydrogens is 451 g/mol. The van der Waals surface area contributed by atoms with Crippen molar-refractivity contribution in [1.29, 1.82) is 0 Å². The summed E-state index contributed by atoms with van der Waals surface area (Å²) in [6.07, 6.45) is 5.72. The SMILES string of the molecule is CC1CCCCN1C(=O)Cn1c(=O)/c(=C\c2c(F)cccc2Cl)s/c1=C\C(=O)C(C)(C)C. The summed E-state index contributed by atoms with van der Waals surface area (Å²) in [5, 5.41) is 0.180. The van der Waals surface area contributed by atoms with E-state index in [1.807, 2.05) is 6.92 Å². The summed E-state index contributed by atoms with van der Waals surface area (Å²) in [6.45, 7) is 7.85. The number of ketones is 1. The van der Waals surface area contributed by atoms with E-state index in [1.165, 1.54) is 28.9 Å². The Morgan fingerprint density at radius 2 is 2.00 bits per heavy atom. The van der Waals surface area contributed by atoms with Crippen molar-refractivity contribution in [2.75, 3.05) is 6.54 Å². The molecule has 1 fully saturated rings. The third-order valence-corrected chi connectivity index (χ3v) is 7.01. The normalized spacial score (nSPS) is 18.3. The summed E-state index contributed by atoms with van der Waals surface area (Å²) < 4.78 is 16.2. The van der Waals surface area contributed by atoms with Gasteiger partial charge in [0.05, 0.1) is 9.55 Å². The molecule has 32 heavy (non-hydrogen) atoms. The number of amides is 1. The molecule has 172 valence electrons. The second-order valence-electron chi connectivity index (χ2n) is 9.17. The highest BCUT2D eigenvalue weighted by molar-refractivity contribution is 7.07. The predicted octanol–water partition coefficient (Wildman–Crippen LogP) is 3.33. The zero-order valence-electron chi connectivity index (χ0n) is 18.8. The first-order valence-electron chi connectivity index (χ1n) is 10.7. The number of benzene rings is 1. The molecule has 1 atom stereocenters. The first-order chi connectivity index (χ1) is 15.0. The average Bonchev–Trinajstić information content (AvgIpc) is 2.99. The first kappa shape index (κ1) is 24.4. The monoisotopic (exact) mass is 478 g/mol. The van der Waals surface area contributed by atoms with Crippen molar-refractivity contribution in [3.63, 3.8) is 0 Å². The van der Waals surface area contributed by atoms with Gasteiger partial charge in [0.1, 0.15) is 17.0 Å². The number of carbonyl (C=O) groups is 2. The van der Waals surface area contributed by atoms with Crippen molar-refractivity contribution >= 4 is 46.8 Å². The first-order valence-corrected chi connectivity index (χ1v) is 11.9. The zero-order valence-corrected chi connectivity index (χ0v) is 20.4. The van der Waals surface area contributed by atoms with Gasteiger partial charge in [0, 0.05) is 29.6 Å². The number of thiazole rings is 1. The fourth-order valence-electron chi connectivity index (χ4n) is 3.60. The molecule has 1 unspecified atom stereocenters. The maximum atomic E-state index is 14.3. The van der Waals surface area contributed by atoms with Crippen molar-refractivity contribution in [2.24, 2.45) is 5.41 Å². The summed E-state index contributed by atoms with van der Waals surface area (Å²) in [7, 11) is 0. The highest BCUT2D eigenvalue weighted by atomic mass is 35.5. The number of piperidine rings is 1. The lowest BCUT2D eigenvalue weighted by atomic mass is 9.91. The van der Waals surface area contributed by atoms with Crippen molar-refractivity contribution in [3.05, 3.63) is 54.2 Å². The van der Waals surface area contributed by atoms with Gasteiger partial charge in [-0.1, -0.05) is 38.4 Å². The van der Waals surface area contributed by atoms with Gasteiger partial charge < -0.3 is 4.90 Å². The van der Waals surface area contributed by atoms with E-state index in [-0.39, 0.29) is 39.4 Å². The van der Waals surface area contributed by atoms with E-state index in [2.05, 4.69) is 0 Å². The molecule has 1 amide bonds. The van der Waals surface area contributed by atoms with Crippen molar-refractivity contribution in [3.8, 4) is 0 Å². The Balaban J connectivity index is 2.13. The molecule has 0 spiro atoms. The Labute approximate surface area is 195 Å². The Morgan fingerprint density at radius 1 is 1.28 bits per heavy atom. The lowest BCUT2D eigenvalue weighted by Crippen LogP contribution is -2.46. The third-order valence-electron chi connectivity index (χ3n) is 5.62. The number of aromatic nitrogens is 1. The fraction of sp³-hybridized carbons (Fsp3) is 0.458. The molecule has 0 radical (unpaired) electrons. The Kier molecular flexibility index (Phi) is 7.40. The maximum absolute atomic E-state index is 14.3. The maximum Gasteiger partial charge on any atom is 0.269 e. The molecule has 0 bridgehead atoms. The quantitative estimate of drug-likeness (QED) is 0.677. The molecule has 0 saturated carbocycles. The van der Waals surface area contributed by atoms with Gasteiger partial charge in [0.2, 0.25) is 5.91 Å². The molecule has 1 saturated heterocycles. The van der Waals surface area contributed by atoms with Crippen LogP contribution in [0.5, 0.6) is 0 Å². The van der Waals surface area contributed by atoms with Crippen LogP contribution in [0.2, 0.25) is 5.02 Å². The lowest BCUT2D eigenvalue weighted by Gasteiger charge is -2.33. The van der Waals surface area contributed by atoms with E-state index in [0.717, 1.165) is 30.6 Å². The summed E-state index contributed by atoms with van der Waals surface area (Å²) in [5.41, 5.74) is -0.987. The Bertz CT molecular complexity index is 1190. The fourth-order valence-corrected chi connectivity index (χ4v) is 4.84. The minimum absolute atomic E-state index is 0.101. The van der Waals surface area contributed by atoms with Crippen LogP contribution in [0.1, 0.15) is 52.5 Å². The zero-order chi connectivity index (χ0) is 23.6. The van der Waals surface area contributed by atoms with Crippen LogP contribution in [0.25, 0.3) is 12.2 Å². The van der Waals surface area contributed by atoms with Crippen molar-refractivity contribution < 1.29 is 14.0 Å². The highest BCUT2D eigenvalue weighted by Crippen LogP contribution is 2.20. The molecule has 8 heteroatoms. The molecule has 1 aliphatic rings. The minimum atomic E-state index is -0.644. The molecule has 1 aliphatic heterocycles. The van der Waals surface area contributed by atoms with Crippen molar-refractivity contribution in [2.45, 2.75) is 59.5 Å². The predicted molar refractivity (Wildman–Crippen MR) is 127 cm³/mol. The van der Waals surface area contributed by atoms with Crippen LogP contribution in [-0.2, 0) is 16.1 Å². The summed E-state index contributed by atoms with van der Waals surface area (Å²) in [6, 6.07) is 4.40. The highest BCUT2D eigenvalue weighted by Gasteiger charge is 2.25. The minimum Gasteiger partial charge on any atom is -0.338 e. The molecule has 3 rings (SSSR count). The van der Waals surface area contributed by atoms with Gasteiger partial charge in [-0.15, -0.1) is 11.3 Å². The van der Waals surface area contributed by atoms with Crippen LogP contribution >= 0.6 is 22.9 Å². The van der Waals surface area contributed by atoms with E-state index in [4.69, 9.17) is 11.6 Å². The lowest BCUT2D eigenvalue weighted by molar-refractivity contribution is -0.135. The smallest absolute Gasteiger partial charge is 0.269 e. The second-order valence-corrected chi connectivity index (χ2v) is 10.6. The van der Waals surface area contributed by atoms with Crippen LogP contribution in [0.3, 0.4) is 0 Å². The van der Waals surface area contributed by atoms with E-state index >= 15 is 0 Å². The Hall–Kier alpha value is -2.25. The van der Waals surface area contributed by atoms with E-state index in [1.54, 1.807) is 31.7 Å². The number of nitrogens with zero attached hydrogens (tertiary/aromatic N) is 2. The van der Waals surface area contributed by atoms with Gasteiger partial charge in [0.15, 0.2) is 5.78 Å². The molecule has 0 aliphatic carbocycles. The Morgan fingerprint density at radius 3 is 2.62 bits per heavy atom. The summed E-state index contributed by atoms with van der Waals surface area (Å²) in [5.74, 6) is -0.876. The molecule has 2 heterocycles. The number of likely N-dealkylation sites (tertiary alicyclic amines) is 1. The van der Waals surface area contributed by atoms with Gasteiger partial charge in [-0.2, -0.15) is 0 Å². The van der Waals surface area contributed by atoms with Gasteiger partial charge in [0.25, 0.3) is 5.56 Å². The van der Waals surface area contributed by atoms with Crippen LogP contribution < -0.4 is 14.8 Å². The number of halogens is 2. The van der Waals surface area contributed by atoms with Crippen LogP contribution in [0.15, 0.2) is 23.0 Å². The van der Waals surface area contributed by atoms with Crippen LogP contribution in [-0.4, -0.2) is 33.7 Å². The van der Waals surface area contributed by atoms with E-state index in [9.17, 15) is 18.8 Å². The number of Topliss-reactive ketones (excluding diaryl/α,β-unsaturated/α-hetero) is 1. The second kappa shape index (κ2) is 9.71. The van der Waals surface area contributed by atoms with Gasteiger partial charge in [-0.05, 0) is 44.4 Å². The van der Waals surface area contributed by atoms with Gasteiger partial charge in [-0.3, -0.25) is 19.0 Å². The van der Waals surface area contributed by atoms with Crippen molar-refractivity contribution in [1.82, 2.24) is 9.47 Å². The molecule has 1 aromatic carbocycles. The summed E-state index contributed by atoms with van der Waals surface area (Å²) in [4.78, 5) is 40.7.